The van der Waals surface area contributed by atoms with Gasteiger partial charge in [0.25, 0.3) is 5.91 Å². The Morgan fingerprint density at radius 2 is 2.05 bits per heavy atom. The van der Waals surface area contributed by atoms with Gasteiger partial charge in [-0.15, -0.1) is 0 Å². The van der Waals surface area contributed by atoms with Crippen molar-refractivity contribution >= 4 is 11.6 Å². The molecule has 0 radical (unpaired) electrons. The van der Waals surface area contributed by atoms with Gasteiger partial charge in [0.05, 0.1) is 6.61 Å². The summed E-state index contributed by atoms with van der Waals surface area (Å²) in [5, 5.41) is 0. The number of amides is 1. The van der Waals surface area contributed by atoms with Gasteiger partial charge >= 0.3 is 0 Å². The zero-order chi connectivity index (χ0) is 15.4. The number of ether oxygens (including phenoxy) is 1. The smallest absolute Gasteiger partial charge is 0.258 e. The van der Waals surface area contributed by atoms with Crippen LogP contribution in [0.3, 0.4) is 0 Å². The Bertz CT molecular complexity index is 666. The summed E-state index contributed by atoms with van der Waals surface area (Å²) in [4.78, 5) is 14.6. The normalized spacial score (nSPS) is 13.0. The third kappa shape index (κ3) is 2.98. The summed E-state index contributed by atoms with van der Waals surface area (Å²) in [6.45, 7) is 3.58. The summed E-state index contributed by atoms with van der Waals surface area (Å²) < 4.78 is 5.70. The van der Waals surface area contributed by atoms with Crippen molar-refractivity contribution in [1.29, 1.82) is 0 Å². The van der Waals surface area contributed by atoms with Crippen LogP contribution in [0.5, 0.6) is 5.75 Å². The second kappa shape index (κ2) is 6.65. The zero-order valence-corrected chi connectivity index (χ0v) is 12.9. The fraction of sp³-hybridized carbons (Fsp3) is 0.316. The van der Waals surface area contributed by atoms with Gasteiger partial charge in [0.2, 0.25) is 0 Å². The molecular formula is C19H21NO2. The maximum absolute atomic E-state index is 12.8. The van der Waals surface area contributed by atoms with E-state index >= 15 is 0 Å². The van der Waals surface area contributed by atoms with Gasteiger partial charge in [0, 0.05) is 17.8 Å². The SMILES string of the molecule is CCCCOc1cccc(C(=O)N2CCc3ccccc32)c1. The lowest BCUT2D eigenvalue weighted by Crippen LogP contribution is -2.28. The number of nitrogens with zero attached hydrogens (tertiary/aromatic N) is 1. The highest BCUT2D eigenvalue weighted by Gasteiger charge is 2.25. The summed E-state index contributed by atoms with van der Waals surface area (Å²) >= 11 is 0. The van der Waals surface area contributed by atoms with Crippen LogP contribution in [0.1, 0.15) is 35.7 Å². The van der Waals surface area contributed by atoms with E-state index in [2.05, 4.69) is 13.0 Å². The van der Waals surface area contributed by atoms with E-state index in [0.29, 0.717) is 12.2 Å². The molecule has 1 aliphatic heterocycles. The van der Waals surface area contributed by atoms with Crippen molar-refractivity contribution in [2.45, 2.75) is 26.2 Å². The highest BCUT2D eigenvalue weighted by molar-refractivity contribution is 6.07. The van der Waals surface area contributed by atoms with Crippen molar-refractivity contribution in [2.24, 2.45) is 0 Å². The van der Waals surface area contributed by atoms with Crippen LogP contribution in [-0.4, -0.2) is 19.1 Å². The van der Waals surface area contributed by atoms with Gasteiger partial charge in [0.1, 0.15) is 5.75 Å². The number of hydrogen-bond acceptors (Lipinski definition) is 2. The molecule has 1 amide bonds. The van der Waals surface area contributed by atoms with Gasteiger partial charge in [-0.2, -0.15) is 0 Å². The van der Waals surface area contributed by atoms with Crippen LogP contribution in [0.2, 0.25) is 0 Å². The monoisotopic (exact) mass is 295 g/mol. The minimum Gasteiger partial charge on any atom is -0.494 e. The van der Waals surface area contributed by atoms with Crippen LogP contribution < -0.4 is 9.64 Å². The maximum atomic E-state index is 12.8. The highest BCUT2D eigenvalue weighted by atomic mass is 16.5. The van der Waals surface area contributed by atoms with Gasteiger partial charge in [-0.1, -0.05) is 37.6 Å². The Balaban J connectivity index is 1.77. The molecule has 0 aliphatic carbocycles. The molecule has 0 spiro atoms. The molecule has 0 saturated heterocycles. The number of carbonyl (C=O) groups excluding carboxylic acids is 1. The summed E-state index contributed by atoms with van der Waals surface area (Å²) in [5.74, 6) is 0.817. The van der Waals surface area contributed by atoms with E-state index in [1.807, 2.05) is 47.4 Å². The van der Waals surface area contributed by atoms with Crippen molar-refractivity contribution in [3.05, 3.63) is 59.7 Å². The molecule has 0 unspecified atom stereocenters. The van der Waals surface area contributed by atoms with Crippen LogP contribution in [0, 0.1) is 0 Å². The molecule has 3 nitrogen and oxygen atoms in total. The molecule has 1 aliphatic rings. The predicted molar refractivity (Wildman–Crippen MR) is 88.7 cm³/mol. The fourth-order valence-electron chi connectivity index (χ4n) is 2.76. The number of hydrogen-bond donors (Lipinski definition) is 0. The average molecular weight is 295 g/mol. The van der Waals surface area contributed by atoms with Gasteiger partial charge in [-0.3, -0.25) is 4.79 Å². The first kappa shape index (κ1) is 14.6. The van der Waals surface area contributed by atoms with Crippen LogP contribution in [0.25, 0.3) is 0 Å². The summed E-state index contributed by atoms with van der Waals surface area (Å²) in [6.07, 6.45) is 3.05. The standard InChI is InChI=1S/C19H21NO2/c1-2-3-13-22-17-9-6-8-16(14-17)19(21)20-12-11-15-7-4-5-10-18(15)20/h4-10,14H,2-3,11-13H2,1H3. The van der Waals surface area contributed by atoms with E-state index in [-0.39, 0.29) is 5.91 Å². The Labute approximate surface area is 131 Å². The largest absolute Gasteiger partial charge is 0.494 e. The van der Waals surface area contributed by atoms with Crippen molar-refractivity contribution in [1.82, 2.24) is 0 Å². The van der Waals surface area contributed by atoms with E-state index in [0.717, 1.165) is 37.2 Å². The molecule has 2 aromatic carbocycles. The van der Waals surface area contributed by atoms with Crippen LogP contribution in [0.4, 0.5) is 5.69 Å². The molecule has 22 heavy (non-hydrogen) atoms. The quantitative estimate of drug-likeness (QED) is 0.778. The zero-order valence-electron chi connectivity index (χ0n) is 12.9. The van der Waals surface area contributed by atoms with E-state index in [9.17, 15) is 4.79 Å². The maximum Gasteiger partial charge on any atom is 0.258 e. The minimum absolute atomic E-state index is 0.0471. The fourth-order valence-corrected chi connectivity index (χ4v) is 2.76. The molecule has 0 saturated carbocycles. The molecule has 0 bridgehead atoms. The molecule has 0 N–H and O–H groups in total. The van der Waals surface area contributed by atoms with Crippen molar-refractivity contribution in [3.8, 4) is 5.75 Å². The van der Waals surface area contributed by atoms with Crippen LogP contribution in [0.15, 0.2) is 48.5 Å². The van der Waals surface area contributed by atoms with Crippen molar-refractivity contribution < 1.29 is 9.53 Å². The number of anilines is 1. The Kier molecular flexibility index (Phi) is 4.42. The van der Waals surface area contributed by atoms with Crippen molar-refractivity contribution in [3.63, 3.8) is 0 Å². The first-order valence-corrected chi connectivity index (χ1v) is 7.92. The minimum atomic E-state index is 0.0471. The van der Waals surface area contributed by atoms with E-state index < -0.39 is 0 Å². The molecule has 0 aromatic heterocycles. The Morgan fingerprint density at radius 3 is 2.91 bits per heavy atom. The number of unbranched alkanes of at least 4 members (excludes halogenated alkanes) is 1. The number of fused-ring (bicyclic) bond motifs is 1. The topological polar surface area (TPSA) is 29.5 Å². The lowest BCUT2D eigenvalue weighted by molar-refractivity contribution is 0.0989. The Hall–Kier alpha value is -2.29. The second-order valence-electron chi connectivity index (χ2n) is 5.57. The lowest BCUT2D eigenvalue weighted by Gasteiger charge is -2.17. The predicted octanol–water partition coefficient (Wildman–Crippen LogP) is 4.07. The highest BCUT2D eigenvalue weighted by Crippen LogP contribution is 2.29. The molecule has 114 valence electrons. The number of benzene rings is 2. The van der Waals surface area contributed by atoms with Crippen LogP contribution >= 0.6 is 0 Å². The number of para-hydroxylation sites is 1. The van der Waals surface area contributed by atoms with Gasteiger partial charge in [0.15, 0.2) is 0 Å². The molecule has 0 fully saturated rings. The Morgan fingerprint density at radius 1 is 1.18 bits per heavy atom. The van der Waals surface area contributed by atoms with Gasteiger partial charge in [-0.05, 0) is 42.7 Å². The molecular weight excluding hydrogens is 274 g/mol. The lowest BCUT2D eigenvalue weighted by atomic mass is 10.1. The molecule has 1 heterocycles. The molecule has 0 atom stereocenters. The summed E-state index contributed by atoms with van der Waals surface area (Å²) in [5.41, 5.74) is 2.96. The van der Waals surface area contributed by atoms with Gasteiger partial charge < -0.3 is 9.64 Å². The molecule has 3 rings (SSSR count). The first-order chi connectivity index (χ1) is 10.8. The van der Waals surface area contributed by atoms with Crippen molar-refractivity contribution in [2.75, 3.05) is 18.1 Å². The van der Waals surface area contributed by atoms with Gasteiger partial charge in [-0.25, -0.2) is 0 Å². The molecule has 2 aromatic rings. The second-order valence-corrected chi connectivity index (χ2v) is 5.57. The first-order valence-electron chi connectivity index (χ1n) is 7.92. The van der Waals surface area contributed by atoms with Crippen LogP contribution in [-0.2, 0) is 6.42 Å². The van der Waals surface area contributed by atoms with E-state index in [1.54, 1.807) is 0 Å². The molecule has 3 heteroatoms. The van der Waals surface area contributed by atoms with E-state index in [1.165, 1.54) is 5.56 Å². The number of carbonyl (C=O) groups is 1. The third-order valence-electron chi connectivity index (χ3n) is 3.98. The number of rotatable bonds is 5. The summed E-state index contributed by atoms with van der Waals surface area (Å²) in [6, 6.07) is 15.6. The average Bonchev–Trinajstić information content (AvgIpc) is 2.99. The third-order valence-corrected chi connectivity index (χ3v) is 3.98. The van der Waals surface area contributed by atoms with E-state index in [4.69, 9.17) is 4.74 Å². The summed E-state index contributed by atoms with van der Waals surface area (Å²) in [7, 11) is 0.